The lowest BCUT2D eigenvalue weighted by Crippen LogP contribution is -2.35. The largest absolute Gasteiger partial charge is 0.366 e. The fraction of sp³-hybridized carbons (Fsp3) is 0.917. The molecule has 1 rings (SSSR count). The van der Waals surface area contributed by atoms with Gasteiger partial charge in [0.2, 0.25) is 5.91 Å². The number of rotatable bonds is 4. The molecule has 0 spiro atoms. The zero-order valence-electron chi connectivity index (χ0n) is 10.7. The minimum absolute atomic E-state index is 0.106. The Morgan fingerprint density at radius 3 is 2.75 bits per heavy atom. The van der Waals surface area contributed by atoms with Gasteiger partial charge in [-0.1, -0.05) is 0 Å². The first kappa shape index (κ1) is 13.5. The summed E-state index contributed by atoms with van der Waals surface area (Å²) in [4.78, 5) is 13.7. The van der Waals surface area contributed by atoms with Crippen LogP contribution in [0.15, 0.2) is 0 Å². The molecule has 1 atom stereocenters. The van der Waals surface area contributed by atoms with Crippen molar-refractivity contribution < 1.29 is 9.53 Å². The van der Waals surface area contributed by atoms with Gasteiger partial charge in [-0.25, -0.2) is 0 Å². The lowest BCUT2D eigenvalue weighted by molar-refractivity contribution is -0.140. The van der Waals surface area contributed by atoms with Gasteiger partial charge in [0.25, 0.3) is 0 Å². The van der Waals surface area contributed by atoms with Gasteiger partial charge in [0.15, 0.2) is 0 Å². The van der Waals surface area contributed by atoms with E-state index in [9.17, 15) is 4.79 Å². The van der Waals surface area contributed by atoms with Crippen molar-refractivity contribution >= 4 is 5.91 Å². The number of carbonyl (C=O) groups is 1. The number of hydrogen-bond donors (Lipinski definition) is 1. The molecule has 2 N–H and O–H groups in total. The van der Waals surface area contributed by atoms with Crippen LogP contribution in [0.2, 0.25) is 0 Å². The Kier molecular flexibility index (Phi) is 4.74. The number of nitrogens with two attached hydrogens (primary N) is 1. The van der Waals surface area contributed by atoms with Crippen molar-refractivity contribution in [2.45, 2.75) is 39.2 Å². The summed E-state index contributed by atoms with van der Waals surface area (Å²) in [6, 6.07) is 0. The number of hydrogen-bond acceptors (Lipinski definition) is 3. The molecule has 1 fully saturated rings. The van der Waals surface area contributed by atoms with E-state index in [1.165, 1.54) is 0 Å². The second-order valence-corrected chi connectivity index (χ2v) is 5.47. The first-order valence-electron chi connectivity index (χ1n) is 6.04. The predicted octanol–water partition coefficient (Wildman–Crippen LogP) is 0.999. The van der Waals surface area contributed by atoms with Crippen molar-refractivity contribution in [2.75, 3.05) is 26.2 Å². The minimum Gasteiger partial charge on any atom is -0.366 e. The van der Waals surface area contributed by atoms with E-state index in [4.69, 9.17) is 10.5 Å². The molecule has 0 aliphatic carbocycles. The molecule has 1 aliphatic rings. The van der Waals surface area contributed by atoms with Gasteiger partial charge in [0.05, 0.1) is 5.60 Å². The van der Waals surface area contributed by atoms with Crippen molar-refractivity contribution in [1.82, 2.24) is 4.90 Å². The molecule has 0 aromatic heterocycles. The van der Waals surface area contributed by atoms with Crippen molar-refractivity contribution in [3.05, 3.63) is 0 Å². The highest BCUT2D eigenvalue weighted by Crippen LogP contribution is 2.19. The molecule has 1 heterocycles. The molecule has 1 amide bonds. The number of ether oxygens (including phenoxy) is 1. The summed E-state index contributed by atoms with van der Waals surface area (Å²) in [5, 5.41) is 0. The standard InChI is InChI=1S/C12H24N2O2/c1-12(2,3)16-9-11(15)14-7-5-10(8-14)4-6-13/h10H,4-9,13H2,1-3H3. The molecule has 1 aliphatic heterocycles. The van der Waals surface area contributed by atoms with E-state index >= 15 is 0 Å². The average molecular weight is 228 g/mol. The molecule has 1 unspecified atom stereocenters. The van der Waals surface area contributed by atoms with Crippen LogP contribution in [0.1, 0.15) is 33.6 Å². The van der Waals surface area contributed by atoms with Gasteiger partial charge in [-0.05, 0) is 46.1 Å². The van der Waals surface area contributed by atoms with Crippen LogP contribution in [0.4, 0.5) is 0 Å². The van der Waals surface area contributed by atoms with Gasteiger partial charge >= 0.3 is 0 Å². The van der Waals surface area contributed by atoms with E-state index in [1.807, 2.05) is 25.7 Å². The lowest BCUT2D eigenvalue weighted by atomic mass is 10.1. The Morgan fingerprint density at radius 1 is 1.50 bits per heavy atom. The molecular formula is C12H24N2O2. The van der Waals surface area contributed by atoms with Crippen molar-refractivity contribution in [3.8, 4) is 0 Å². The highest BCUT2D eigenvalue weighted by Gasteiger charge is 2.26. The van der Waals surface area contributed by atoms with Crippen LogP contribution in [0.25, 0.3) is 0 Å². The summed E-state index contributed by atoms with van der Waals surface area (Å²) in [6.45, 7) is 8.50. The van der Waals surface area contributed by atoms with Gasteiger partial charge in [0, 0.05) is 13.1 Å². The lowest BCUT2D eigenvalue weighted by Gasteiger charge is -2.22. The molecule has 4 nitrogen and oxygen atoms in total. The molecule has 16 heavy (non-hydrogen) atoms. The molecule has 0 aromatic rings. The van der Waals surface area contributed by atoms with Crippen LogP contribution in [-0.2, 0) is 9.53 Å². The normalized spacial score (nSPS) is 21.5. The highest BCUT2D eigenvalue weighted by atomic mass is 16.5. The van der Waals surface area contributed by atoms with Gasteiger partial charge in [-0.2, -0.15) is 0 Å². The van der Waals surface area contributed by atoms with Crippen LogP contribution in [0.5, 0.6) is 0 Å². The van der Waals surface area contributed by atoms with Crippen LogP contribution in [0.3, 0.4) is 0 Å². The molecular weight excluding hydrogens is 204 g/mol. The summed E-state index contributed by atoms with van der Waals surface area (Å²) in [6.07, 6.45) is 2.10. The average Bonchev–Trinajstić information content (AvgIpc) is 2.62. The van der Waals surface area contributed by atoms with E-state index in [1.54, 1.807) is 0 Å². The Bertz CT molecular complexity index is 236. The predicted molar refractivity (Wildman–Crippen MR) is 64.1 cm³/mol. The van der Waals surface area contributed by atoms with E-state index < -0.39 is 0 Å². The maximum atomic E-state index is 11.8. The monoisotopic (exact) mass is 228 g/mol. The molecule has 94 valence electrons. The van der Waals surface area contributed by atoms with E-state index in [2.05, 4.69) is 0 Å². The second kappa shape index (κ2) is 5.64. The summed E-state index contributed by atoms with van der Waals surface area (Å²) in [5.74, 6) is 0.693. The molecule has 0 bridgehead atoms. The van der Waals surface area contributed by atoms with Crippen LogP contribution in [0, 0.1) is 5.92 Å². The highest BCUT2D eigenvalue weighted by molar-refractivity contribution is 5.77. The summed E-state index contributed by atoms with van der Waals surface area (Å²) >= 11 is 0. The fourth-order valence-corrected chi connectivity index (χ4v) is 1.90. The zero-order chi connectivity index (χ0) is 12.2. The number of carbonyl (C=O) groups excluding carboxylic acids is 1. The quantitative estimate of drug-likeness (QED) is 0.781. The van der Waals surface area contributed by atoms with Gasteiger partial charge < -0.3 is 15.4 Å². The molecule has 1 saturated heterocycles. The van der Waals surface area contributed by atoms with E-state index in [0.29, 0.717) is 12.5 Å². The zero-order valence-corrected chi connectivity index (χ0v) is 10.7. The van der Waals surface area contributed by atoms with Crippen molar-refractivity contribution in [2.24, 2.45) is 11.7 Å². The van der Waals surface area contributed by atoms with E-state index in [0.717, 1.165) is 25.9 Å². The Morgan fingerprint density at radius 2 is 2.19 bits per heavy atom. The number of amides is 1. The van der Waals surface area contributed by atoms with E-state index in [-0.39, 0.29) is 18.1 Å². The van der Waals surface area contributed by atoms with Crippen LogP contribution >= 0.6 is 0 Å². The molecule has 4 heteroatoms. The topological polar surface area (TPSA) is 55.6 Å². The number of likely N-dealkylation sites (tertiary alicyclic amines) is 1. The first-order valence-corrected chi connectivity index (χ1v) is 6.04. The maximum Gasteiger partial charge on any atom is 0.248 e. The SMILES string of the molecule is CC(C)(C)OCC(=O)N1CCC(CCN)C1. The van der Waals surface area contributed by atoms with Gasteiger partial charge in [0.1, 0.15) is 6.61 Å². The smallest absolute Gasteiger partial charge is 0.248 e. The Labute approximate surface area is 98.1 Å². The number of nitrogens with zero attached hydrogens (tertiary/aromatic N) is 1. The van der Waals surface area contributed by atoms with Crippen LogP contribution < -0.4 is 5.73 Å². The summed E-state index contributed by atoms with van der Waals surface area (Å²) in [5.41, 5.74) is 5.27. The van der Waals surface area contributed by atoms with Gasteiger partial charge in [-0.15, -0.1) is 0 Å². The van der Waals surface area contributed by atoms with Crippen LogP contribution in [-0.4, -0.2) is 42.6 Å². The Balaban J connectivity index is 2.28. The van der Waals surface area contributed by atoms with Gasteiger partial charge in [-0.3, -0.25) is 4.79 Å². The minimum atomic E-state index is -0.244. The third-order valence-electron chi connectivity index (χ3n) is 2.84. The Hall–Kier alpha value is -0.610. The first-order chi connectivity index (χ1) is 7.42. The maximum absolute atomic E-state index is 11.8. The molecule has 0 radical (unpaired) electrons. The molecule has 0 saturated carbocycles. The summed E-state index contributed by atoms with van der Waals surface area (Å²) in [7, 11) is 0. The molecule has 0 aromatic carbocycles. The van der Waals surface area contributed by atoms with Crippen molar-refractivity contribution in [3.63, 3.8) is 0 Å². The third-order valence-corrected chi connectivity index (χ3v) is 2.84. The summed E-state index contributed by atoms with van der Waals surface area (Å²) < 4.78 is 5.48. The fourth-order valence-electron chi connectivity index (χ4n) is 1.90. The second-order valence-electron chi connectivity index (χ2n) is 5.47. The third kappa shape index (κ3) is 4.49. The van der Waals surface area contributed by atoms with Crippen molar-refractivity contribution in [1.29, 1.82) is 0 Å².